The van der Waals surface area contributed by atoms with Gasteiger partial charge in [0.25, 0.3) is 0 Å². The molecule has 0 aliphatic rings. The van der Waals surface area contributed by atoms with E-state index in [4.69, 9.17) is 0 Å². The molecule has 3 heteroatoms. The standard InChI is InChI=1S/C9H8N2O/c12-8-11-6-2-4-9-3-1-5-10-7-9/h1-5,7H,6H2/b4-2-. The van der Waals surface area contributed by atoms with Crippen LogP contribution in [0.4, 0.5) is 0 Å². The van der Waals surface area contributed by atoms with E-state index in [1.165, 1.54) is 6.08 Å². The molecule has 1 aromatic heterocycles. The van der Waals surface area contributed by atoms with Gasteiger partial charge in [0, 0.05) is 12.4 Å². The van der Waals surface area contributed by atoms with E-state index in [9.17, 15) is 4.79 Å². The molecule has 0 spiro atoms. The van der Waals surface area contributed by atoms with Crippen LogP contribution in [0.25, 0.3) is 6.08 Å². The number of rotatable bonds is 3. The fraction of sp³-hybridized carbons (Fsp3) is 0.111. The molecule has 0 amide bonds. The third-order valence-corrected chi connectivity index (χ3v) is 1.26. The van der Waals surface area contributed by atoms with Crippen molar-refractivity contribution in [3.8, 4) is 0 Å². The number of hydrogen-bond donors (Lipinski definition) is 0. The van der Waals surface area contributed by atoms with Gasteiger partial charge in [-0.1, -0.05) is 18.2 Å². The van der Waals surface area contributed by atoms with E-state index in [0.29, 0.717) is 6.54 Å². The lowest BCUT2D eigenvalue weighted by atomic mass is 10.2. The second-order valence-corrected chi connectivity index (χ2v) is 2.12. The van der Waals surface area contributed by atoms with E-state index in [-0.39, 0.29) is 0 Å². The van der Waals surface area contributed by atoms with Gasteiger partial charge in [-0.05, 0) is 11.6 Å². The Labute approximate surface area is 70.5 Å². The molecule has 1 heterocycles. The fourth-order valence-electron chi connectivity index (χ4n) is 0.753. The first-order valence-corrected chi connectivity index (χ1v) is 3.53. The molecule has 0 aromatic carbocycles. The van der Waals surface area contributed by atoms with Crippen molar-refractivity contribution >= 4 is 12.2 Å². The van der Waals surface area contributed by atoms with Crippen molar-refractivity contribution in [1.29, 1.82) is 0 Å². The van der Waals surface area contributed by atoms with Gasteiger partial charge in [0.1, 0.15) is 0 Å². The van der Waals surface area contributed by atoms with Crippen molar-refractivity contribution in [3.05, 3.63) is 36.2 Å². The number of nitrogens with zero attached hydrogens (tertiary/aromatic N) is 2. The van der Waals surface area contributed by atoms with E-state index in [1.54, 1.807) is 18.5 Å². The van der Waals surface area contributed by atoms with Crippen molar-refractivity contribution in [2.24, 2.45) is 4.99 Å². The van der Waals surface area contributed by atoms with Crippen LogP contribution in [0.3, 0.4) is 0 Å². The van der Waals surface area contributed by atoms with Crippen LogP contribution in [-0.4, -0.2) is 17.6 Å². The smallest absolute Gasteiger partial charge is 0.235 e. The molecule has 60 valence electrons. The summed E-state index contributed by atoms with van der Waals surface area (Å²) in [6.45, 7) is 0.373. The Morgan fingerprint density at radius 3 is 3.25 bits per heavy atom. The lowest BCUT2D eigenvalue weighted by Crippen LogP contribution is -1.74. The SMILES string of the molecule is O=C=NC/C=C\c1cccnc1. The van der Waals surface area contributed by atoms with Crippen LogP contribution < -0.4 is 0 Å². The van der Waals surface area contributed by atoms with Crippen LogP contribution in [0.15, 0.2) is 35.6 Å². The van der Waals surface area contributed by atoms with Crippen LogP contribution in [0, 0.1) is 0 Å². The number of aliphatic imine (C=N–C) groups is 1. The Hall–Kier alpha value is -1.73. The molecule has 0 aliphatic carbocycles. The number of hydrogen-bond acceptors (Lipinski definition) is 3. The van der Waals surface area contributed by atoms with Gasteiger partial charge in [0.15, 0.2) is 0 Å². The van der Waals surface area contributed by atoms with Crippen molar-refractivity contribution < 1.29 is 4.79 Å². The molecule has 0 radical (unpaired) electrons. The largest absolute Gasteiger partial charge is 0.264 e. The van der Waals surface area contributed by atoms with Gasteiger partial charge in [0.2, 0.25) is 6.08 Å². The molecule has 3 nitrogen and oxygen atoms in total. The second kappa shape index (κ2) is 4.99. The van der Waals surface area contributed by atoms with Crippen molar-refractivity contribution in [2.45, 2.75) is 0 Å². The maximum atomic E-state index is 9.68. The second-order valence-electron chi connectivity index (χ2n) is 2.12. The zero-order valence-corrected chi connectivity index (χ0v) is 6.47. The minimum Gasteiger partial charge on any atom is -0.264 e. The number of carbonyl (C=O) groups excluding carboxylic acids is 1. The summed E-state index contributed by atoms with van der Waals surface area (Å²) in [6.07, 6.45) is 8.54. The average molecular weight is 160 g/mol. The monoisotopic (exact) mass is 160 g/mol. The van der Waals surface area contributed by atoms with Crippen LogP contribution in [0.2, 0.25) is 0 Å². The molecule has 0 aliphatic heterocycles. The first kappa shape index (κ1) is 8.37. The van der Waals surface area contributed by atoms with Crippen LogP contribution in [-0.2, 0) is 4.79 Å². The summed E-state index contributed by atoms with van der Waals surface area (Å²) in [6, 6.07) is 3.77. The van der Waals surface area contributed by atoms with Crippen LogP contribution >= 0.6 is 0 Å². The number of aromatic nitrogens is 1. The molecule has 0 saturated heterocycles. The first-order chi connectivity index (χ1) is 5.93. The van der Waals surface area contributed by atoms with Gasteiger partial charge < -0.3 is 0 Å². The maximum absolute atomic E-state index is 9.68. The van der Waals surface area contributed by atoms with E-state index in [2.05, 4.69) is 9.98 Å². The lowest BCUT2D eigenvalue weighted by molar-refractivity contribution is 0.564. The molecule has 0 N–H and O–H groups in total. The Kier molecular flexibility index (Phi) is 3.48. The Morgan fingerprint density at radius 2 is 2.58 bits per heavy atom. The molecule has 0 atom stereocenters. The zero-order chi connectivity index (χ0) is 8.65. The van der Waals surface area contributed by atoms with Crippen LogP contribution in [0.1, 0.15) is 5.56 Å². The summed E-state index contributed by atoms with van der Waals surface area (Å²) >= 11 is 0. The summed E-state index contributed by atoms with van der Waals surface area (Å²) in [5.74, 6) is 0. The molecule has 12 heavy (non-hydrogen) atoms. The topological polar surface area (TPSA) is 42.3 Å². The number of pyridine rings is 1. The van der Waals surface area contributed by atoms with Gasteiger partial charge in [-0.3, -0.25) is 4.98 Å². The van der Waals surface area contributed by atoms with Crippen molar-refractivity contribution in [2.75, 3.05) is 6.54 Å². The predicted molar refractivity (Wildman–Crippen MR) is 46.3 cm³/mol. The molecule has 0 saturated carbocycles. The van der Waals surface area contributed by atoms with E-state index >= 15 is 0 Å². The van der Waals surface area contributed by atoms with E-state index in [0.717, 1.165) is 5.56 Å². The van der Waals surface area contributed by atoms with Gasteiger partial charge in [0.05, 0.1) is 6.54 Å². The van der Waals surface area contributed by atoms with Crippen molar-refractivity contribution in [3.63, 3.8) is 0 Å². The summed E-state index contributed by atoms with van der Waals surface area (Å²) < 4.78 is 0. The summed E-state index contributed by atoms with van der Waals surface area (Å²) in [5, 5.41) is 0. The predicted octanol–water partition coefficient (Wildman–Crippen LogP) is 1.43. The third-order valence-electron chi connectivity index (χ3n) is 1.26. The van der Waals surface area contributed by atoms with Crippen LogP contribution in [0.5, 0.6) is 0 Å². The molecule has 0 fully saturated rings. The Morgan fingerprint density at radius 1 is 1.67 bits per heavy atom. The summed E-state index contributed by atoms with van der Waals surface area (Å²) in [4.78, 5) is 17.0. The molecule has 0 unspecified atom stereocenters. The Balaban J connectivity index is 2.52. The molecule has 1 rings (SSSR count). The first-order valence-electron chi connectivity index (χ1n) is 3.53. The molecule has 1 aromatic rings. The number of isocyanates is 1. The van der Waals surface area contributed by atoms with Crippen molar-refractivity contribution in [1.82, 2.24) is 4.98 Å². The summed E-state index contributed by atoms with van der Waals surface area (Å²) in [5.41, 5.74) is 0.999. The van der Waals surface area contributed by atoms with Gasteiger partial charge in [-0.15, -0.1) is 0 Å². The molecular formula is C9H8N2O. The minimum atomic E-state index is 0.373. The average Bonchev–Trinajstić information content (AvgIpc) is 2.14. The zero-order valence-electron chi connectivity index (χ0n) is 6.47. The molecule has 0 bridgehead atoms. The Bertz CT molecular complexity index is 300. The summed E-state index contributed by atoms with van der Waals surface area (Å²) in [7, 11) is 0. The normalized spacial score (nSPS) is 9.67. The molecular weight excluding hydrogens is 152 g/mol. The fourth-order valence-corrected chi connectivity index (χ4v) is 0.753. The maximum Gasteiger partial charge on any atom is 0.235 e. The van der Waals surface area contributed by atoms with Gasteiger partial charge in [-0.25, -0.2) is 9.79 Å². The third kappa shape index (κ3) is 2.90. The van der Waals surface area contributed by atoms with Gasteiger partial charge >= 0.3 is 0 Å². The van der Waals surface area contributed by atoms with Gasteiger partial charge in [-0.2, -0.15) is 0 Å². The lowest BCUT2D eigenvalue weighted by Gasteiger charge is -1.87. The highest BCUT2D eigenvalue weighted by Crippen LogP contribution is 1.97. The minimum absolute atomic E-state index is 0.373. The highest BCUT2D eigenvalue weighted by molar-refractivity contribution is 5.47. The van der Waals surface area contributed by atoms with E-state index in [1.807, 2.05) is 18.2 Å². The van der Waals surface area contributed by atoms with E-state index < -0.39 is 0 Å². The quantitative estimate of drug-likeness (QED) is 0.495. The highest BCUT2D eigenvalue weighted by atomic mass is 16.1. The highest BCUT2D eigenvalue weighted by Gasteiger charge is 1.81.